The first-order chi connectivity index (χ1) is 9.49. The van der Waals surface area contributed by atoms with Crippen molar-refractivity contribution in [2.45, 2.75) is 25.9 Å². The average Bonchev–Trinajstić information content (AvgIpc) is 2.45. The molecule has 0 saturated heterocycles. The Bertz CT molecular complexity index is 456. The van der Waals surface area contributed by atoms with E-state index >= 15 is 0 Å². The van der Waals surface area contributed by atoms with Crippen LogP contribution in [0.3, 0.4) is 0 Å². The molecule has 0 saturated carbocycles. The van der Waals surface area contributed by atoms with Gasteiger partial charge in [0, 0.05) is 22.6 Å². The van der Waals surface area contributed by atoms with Crippen molar-refractivity contribution in [3.05, 3.63) is 33.8 Å². The number of thioether (sulfide) groups is 1. The lowest BCUT2D eigenvalue weighted by Crippen LogP contribution is -2.30. The number of rotatable bonds is 7. The molecular formula is C14H22BrN3OS. The summed E-state index contributed by atoms with van der Waals surface area (Å²) >= 11 is 5.40. The smallest absolute Gasteiger partial charge is 0.265 e. The Morgan fingerprint density at radius 1 is 1.55 bits per heavy atom. The van der Waals surface area contributed by atoms with E-state index in [1.807, 2.05) is 17.8 Å². The summed E-state index contributed by atoms with van der Waals surface area (Å²) in [6.45, 7) is 3.08. The molecule has 0 bridgehead atoms. The molecule has 20 heavy (non-hydrogen) atoms. The van der Waals surface area contributed by atoms with Gasteiger partial charge in [-0.1, -0.05) is 22.0 Å². The summed E-state index contributed by atoms with van der Waals surface area (Å²) in [5.74, 6) is 6.02. The Kier molecular flexibility index (Phi) is 7.58. The van der Waals surface area contributed by atoms with Crippen LogP contribution in [0.25, 0.3) is 0 Å². The molecule has 0 heterocycles. The molecule has 4 nitrogen and oxygen atoms in total. The van der Waals surface area contributed by atoms with Gasteiger partial charge in [-0.2, -0.15) is 11.8 Å². The van der Waals surface area contributed by atoms with E-state index < -0.39 is 0 Å². The average molecular weight is 360 g/mol. The minimum Gasteiger partial charge on any atom is -0.299 e. The van der Waals surface area contributed by atoms with Crippen LogP contribution in [0.15, 0.2) is 22.7 Å². The van der Waals surface area contributed by atoms with E-state index in [-0.39, 0.29) is 5.91 Å². The molecule has 1 atom stereocenters. The van der Waals surface area contributed by atoms with Crippen LogP contribution in [-0.2, 0) is 6.54 Å². The number of hydrogen-bond donors (Lipinski definition) is 2. The minimum absolute atomic E-state index is 0.279. The molecule has 0 aliphatic rings. The number of hydrogen-bond acceptors (Lipinski definition) is 4. The predicted molar refractivity (Wildman–Crippen MR) is 89.7 cm³/mol. The van der Waals surface area contributed by atoms with Crippen LogP contribution in [0.1, 0.15) is 29.3 Å². The van der Waals surface area contributed by atoms with Crippen LogP contribution in [-0.4, -0.2) is 35.9 Å². The number of nitrogens with one attached hydrogen (secondary N) is 1. The zero-order valence-electron chi connectivity index (χ0n) is 12.1. The summed E-state index contributed by atoms with van der Waals surface area (Å²) in [7, 11) is 2.12. The molecule has 0 spiro atoms. The highest BCUT2D eigenvalue weighted by Crippen LogP contribution is 2.21. The second kappa shape index (κ2) is 8.67. The summed E-state index contributed by atoms with van der Waals surface area (Å²) in [6, 6.07) is 6.09. The van der Waals surface area contributed by atoms with Gasteiger partial charge in [0.05, 0.1) is 0 Å². The van der Waals surface area contributed by atoms with Crippen LogP contribution in [0.4, 0.5) is 0 Å². The Morgan fingerprint density at radius 3 is 2.80 bits per heavy atom. The van der Waals surface area contributed by atoms with Crippen molar-refractivity contribution in [3.63, 3.8) is 0 Å². The van der Waals surface area contributed by atoms with Crippen molar-refractivity contribution < 1.29 is 4.79 Å². The van der Waals surface area contributed by atoms with Crippen LogP contribution in [0.5, 0.6) is 0 Å². The monoisotopic (exact) mass is 359 g/mol. The molecule has 1 aromatic carbocycles. The van der Waals surface area contributed by atoms with Crippen LogP contribution in [0, 0.1) is 0 Å². The Morgan fingerprint density at radius 2 is 2.25 bits per heavy atom. The zero-order chi connectivity index (χ0) is 15.1. The van der Waals surface area contributed by atoms with E-state index in [0.717, 1.165) is 16.6 Å². The summed E-state index contributed by atoms with van der Waals surface area (Å²) in [5, 5.41) is 0. The molecule has 1 unspecified atom stereocenters. The zero-order valence-corrected chi connectivity index (χ0v) is 14.6. The number of nitrogens with zero attached hydrogens (tertiary/aromatic N) is 1. The third-order valence-electron chi connectivity index (χ3n) is 3.36. The second-order valence-electron chi connectivity index (χ2n) is 4.83. The standard InChI is InChI=1S/C14H22BrN3OS/c1-10(6-7-20-3)18(2)9-12-5-4-11(8-13(12)15)14(19)17-16/h4-5,8,10H,6-7,9,16H2,1-3H3,(H,17,19). The SMILES string of the molecule is CSCCC(C)N(C)Cc1ccc(C(=O)NN)cc1Br. The van der Waals surface area contributed by atoms with Crippen LogP contribution in [0.2, 0.25) is 0 Å². The normalized spacial score (nSPS) is 12.5. The van der Waals surface area contributed by atoms with Gasteiger partial charge in [0.15, 0.2) is 0 Å². The van der Waals surface area contributed by atoms with Gasteiger partial charge in [0.1, 0.15) is 0 Å². The number of carbonyl (C=O) groups excluding carboxylic acids is 1. The number of benzene rings is 1. The van der Waals surface area contributed by atoms with E-state index in [1.165, 1.54) is 12.2 Å². The maximum atomic E-state index is 11.5. The summed E-state index contributed by atoms with van der Waals surface area (Å²) < 4.78 is 0.933. The molecule has 0 aliphatic carbocycles. The van der Waals surface area contributed by atoms with Crippen molar-refractivity contribution in [2.24, 2.45) is 5.84 Å². The number of carbonyl (C=O) groups is 1. The molecule has 1 aromatic rings. The molecule has 1 amide bonds. The first-order valence-corrected chi connectivity index (χ1v) is 8.66. The van der Waals surface area contributed by atoms with E-state index in [4.69, 9.17) is 5.84 Å². The first kappa shape index (κ1) is 17.5. The van der Waals surface area contributed by atoms with Gasteiger partial charge in [-0.15, -0.1) is 0 Å². The van der Waals surface area contributed by atoms with Gasteiger partial charge in [-0.25, -0.2) is 5.84 Å². The number of halogens is 1. The summed E-state index contributed by atoms with van der Waals surface area (Å²) in [6.07, 6.45) is 3.30. The molecule has 0 aliphatic heterocycles. The number of nitrogen functional groups attached to an aromatic ring is 1. The summed E-state index contributed by atoms with van der Waals surface area (Å²) in [4.78, 5) is 13.8. The van der Waals surface area contributed by atoms with Crippen molar-refractivity contribution in [1.29, 1.82) is 0 Å². The number of nitrogens with two attached hydrogens (primary N) is 1. The van der Waals surface area contributed by atoms with Crippen LogP contribution < -0.4 is 11.3 Å². The van der Waals surface area contributed by atoms with Gasteiger partial charge >= 0.3 is 0 Å². The maximum Gasteiger partial charge on any atom is 0.265 e. The van der Waals surface area contributed by atoms with Crippen molar-refractivity contribution in [1.82, 2.24) is 10.3 Å². The number of hydrazine groups is 1. The lowest BCUT2D eigenvalue weighted by Gasteiger charge is -2.25. The van der Waals surface area contributed by atoms with Gasteiger partial charge in [0.2, 0.25) is 0 Å². The maximum absolute atomic E-state index is 11.5. The second-order valence-corrected chi connectivity index (χ2v) is 6.67. The molecule has 3 N–H and O–H groups in total. The van der Waals surface area contributed by atoms with E-state index in [1.54, 1.807) is 12.1 Å². The lowest BCUT2D eigenvalue weighted by molar-refractivity contribution is 0.0953. The Labute approximate surface area is 133 Å². The summed E-state index contributed by atoms with van der Waals surface area (Å²) in [5.41, 5.74) is 3.86. The fourth-order valence-corrected chi connectivity index (χ4v) is 2.91. The van der Waals surface area contributed by atoms with E-state index in [9.17, 15) is 4.79 Å². The lowest BCUT2D eigenvalue weighted by atomic mass is 10.1. The molecule has 1 rings (SSSR count). The molecule has 0 aromatic heterocycles. The van der Waals surface area contributed by atoms with Crippen molar-refractivity contribution in [3.8, 4) is 0 Å². The van der Waals surface area contributed by atoms with Gasteiger partial charge in [-0.05, 0) is 50.1 Å². The van der Waals surface area contributed by atoms with Crippen molar-refractivity contribution >= 4 is 33.6 Å². The number of amides is 1. The van der Waals surface area contributed by atoms with Crippen LogP contribution >= 0.6 is 27.7 Å². The largest absolute Gasteiger partial charge is 0.299 e. The molecule has 112 valence electrons. The highest BCUT2D eigenvalue weighted by molar-refractivity contribution is 9.10. The Balaban J connectivity index is 2.70. The fourth-order valence-electron chi connectivity index (χ4n) is 1.83. The molecule has 0 radical (unpaired) electrons. The molecule has 0 fully saturated rings. The minimum atomic E-state index is -0.279. The highest BCUT2D eigenvalue weighted by atomic mass is 79.9. The quantitative estimate of drug-likeness (QED) is 0.446. The van der Waals surface area contributed by atoms with E-state index in [0.29, 0.717) is 11.6 Å². The predicted octanol–water partition coefficient (Wildman–Crippen LogP) is 2.63. The molecular weight excluding hydrogens is 338 g/mol. The van der Waals surface area contributed by atoms with Gasteiger partial charge in [-0.3, -0.25) is 15.1 Å². The van der Waals surface area contributed by atoms with Gasteiger partial charge < -0.3 is 0 Å². The third-order valence-corrected chi connectivity index (χ3v) is 4.74. The third kappa shape index (κ3) is 5.09. The fraction of sp³-hybridized carbons (Fsp3) is 0.500. The van der Waals surface area contributed by atoms with E-state index in [2.05, 4.69) is 46.5 Å². The topological polar surface area (TPSA) is 58.4 Å². The Hall–Kier alpha value is -0.560. The molecule has 6 heteroatoms. The van der Waals surface area contributed by atoms with Crippen molar-refractivity contribution in [2.75, 3.05) is 19.1 Å². The highest BCUT2D eigenvalue weighted by Gasteiger charge is 2.12. The van der Waals surface area contributed by atoms with Gasteiger partial charge in [0.25, 0.3) is 5.91 Å². The first-order valence-electron chi connectivity index (χ1n) is 6.48.